The predicted octanol–water partition coefficient (Wildman–Crippen LogP) is 12.0. The van der Waals surface area contributed by atoms with Crippen molar-refractivity contribution in [1.82, 2.24) is 9.62 Å². The van der Waals surface area contributed by atoms with Crippen molar-refractivity contribution < 1.29 is 36.1 Å². The predicted molar refractivity (Wildman–Crippen MR) is 278 cm³/mol. The molecule has 0 saturated carbocycles. The molecule has 5 N–H and O–H groups in total. The van der Waals surface area contributed by atoms with Gasteiger partial charge in [0.15, 0.2) is 46.1 Å². The molecule has 0 fully saturated rings. The lowest BCUT2D eigenvalue weighted by Crippen LogP contribution is -2.24. The van der Waals surface area contributed by atoms with Crippen LogP contribution >= 0.6 is 0 Å². The first-order chi connectivity index (χ1) is 33.4. The van der Waals surface area contributed by atoms with Gasteiger partial charge in [0.25, 0.3) is 0 Å². The highest BCUT2D eigenvalue weighted by atomic mass is 32.2. The van der Waals surface area contributed by atoms with Gasteiger partial charge in [-0.15, -0.1) is 0 Å². The zero-order valence-electron chi connectivity index (χ0n) is 41.0. The molecule has 0 aromatic heterocycles. The summed E-state index contributed by atoms with van der Waals surface area (Å²) in [5.74, 6) is 1.38. The Bertz CT molecular complexity index is 2510. The number of hydrogen-bond acceptors (Lipinski definition) is 10. The molecule has 0 aliphatic heterocycles. The molecule has 0 saturated heterocycles. The molecule has 0 aliphatic carbocycles. The van der Waals surface area contributed by atoms with Crippen molar-refractivity contribution in [2.45, 2.75) is 73.5 Å². The Balaban J connectivity index is 0.000000266. The number of halogens is 2. The van der Waals surface area contributed by atoms with Crippen LogP contribution in [0, 0.1) is 11.6 Å². The van der Waals surface area contributed by atoms with E-state index in [1.165, 1.54) is 31.8 Å². The maximum Gasteiger partial charge on any atom is 0.208 e. The SMILES string of the molecule is CCN(CC)CC.CCc1ccc(Oc2ccc(NCCCN)cc2F)c(OCc2ccccc2)c1.CCc1ccc(Oc2ccc(NCCCNS(C)(=O)=O)cc2F)c(OCc2ccccc2)c1. The van der Waals surface area contributed by atoms with Crippen LogP contribution in [-0.4, -0.2) is 65.4 Å². The molecule has 0 unspecified atom stereocenters. The molecule has 6 aromatic rings. The van der Waals surface area contributed by atoms with E-state index in [0.717, 1.165) is 47.8 Å². The summed E-state index contributed by atoms with van der Waals surface area (Å²) in [4.78, 5) is 2.38. The first kappa shape index (κ1) is 55.4. The minimum atomic E-state index is -3.20. The Morgan fingerprint density at radius 3 is 1.29 bits per heavy atom. The van der Waals surface area contributed by atoms with E-state index in [1.54, 1.807) is 30.3 Å². The minimum Gasteiger partial charge on any atom is -0.485 e. The molecule has 6 aromatic carbocycles. The van der Waals surface area contributed by atoms with E-state index in [0.29, 0.717) is 80.2 Å². The molecule has 0 bridgehead atoms. The molecular formula is C55H71F2N5O6S. The van der Waals surface area contributed by atoms with Crippen molar-refractivity contribution in [2.24, 2.45) is 5.73 Å². The molecule has 69 heavy (non-hydrogen) atoms. The monoisotopic (exact) mass is 968 g/mol. The van der Waals surface area contributed by atoms with E-state index >= 15 is 0 Å². The summed E-state index contributed by atoms with van der Waals surface area (Å²) in [6.45, 7) is 17.2. The van der Waals surface area contributed by atoms with Crippen molar-refractivity contribution in [1.29, 1.82) is 0 Å². The third-order valence-corrected chi connectivity index (χ3v) is 11.4. The number of aryl methyl sites for hydroxylation is 2. The van der Waals surface area contributed by atoms with Crippen LogP contribution in [0.4, 0.5) is 20.2 Å². The number of rotatable bonds is 25. The number of hydrogen-bond donors (Lipinski definition) is 4. The van der Waals surface area contributed by atoms with E-state index in [-0.39, 0.29) is 11.5 Å². The van der Waals surface area contributed by atoms with Crippen molar-refractivity contribution in [3.8, 4) is 34.5 Å². The van der Waals surface area contributed by atoms with Crippen LogP contribution in [0.2, 0.25) is 0 Å². The van der Waals surface area contributed by atoms with Crippen molar-refractivity contribution in [2.75, 3.05) is 62.7 Å². The summed E-state index contributed by atoms with van der Waals surface area (Å²) in [7, 11) is -3.20. The number of anilines is 2. The number of benzene rings is 6. The van der Waals surface area contributed by atoms with Crippen LogP contribution in [0.1, 0.15) is 69.7 Å². The first-order valence-corrected chi connectivity index (χ1v) is 25.7. The van der Waals surface area contributed by atoms with E-state index in [4.69, 9.17) is 24.7 Å². The molecule has 0 radical (unpaired) electrons. The number of sulfonamides is 1. The summed E-state index contributed by atoms with van der Waals surface area (Å²) >= 11 is 0. The zero-order chi connectivity index (χ0) is 49.9. The van der Waals surface area contributed by atoms with Crippen molar-refractivity contribution >= 4 is 21.4 Å². The summed E-state index contributed by atoms with van der Waals surface area (Å²) in [5, 5.41) is 6.21. The highest BCUT2D eigenvalue weighted by Gasteiger charge is 2.14. The number of nitrogens with one attached hydrogen (secondary N) is 3. The van der Waals surface area contributed by atoms with Crippen LogP contribution in [-0.2, 0) is 36.1 Å². The van der Waals surface area contributed by atoms with E-state index in [2.05, 4.69) is 54.9 Å². The second-order valence-corrected chi connectivity index (χ2v) is 17.8. The van der Waals surface area contributed by atoms with Gasteiger partial charge in [-0.3, -0.25) is 0 Å². The fourth-order valence-corrected chi connectivity index (χ4v) is 7.13. The normalized spacial score (nSPS) is 10.9. The van der Waals surface area contributed by atoms with Crippen LogP contribution in [0.25, 0.3) is 0 Å². The van der Waals surface area contributed by atoms with Gasteiger partial charge in [0, 0.05) is 43.1 Å². The van der Waals surface area contributed by atoms with E-state index < -0.39 is 21.7 Å². The average Bonchev–Trinajstić information content (AvgIpc) is 3.36. The highest BCUT2D eigenvalue weighted by molar-refractivity contribution is 7.88. The Kier molecular flexibility index (Phi) is 24.4. The first-order valence-electron chi connectivity index (χ1n) is 23.8. The third kappa shape index (κ3) is 20.5. The quantitative estimate of drug-likeness (QED) is 0.0411. The van der Waals surface area contributed by atoms with Gasteiger partial charge in [-0.2, -0.15) is 0 Å². The topological polar surface area (TPSA) is 136 Å². The third-order valence-electron chi connectivity index (χ3n) is 10.7. The second kappa shape index (κ2) is 30.3. The molecule has 14 heteroatoms. The number of nitrogens with zero attached hydrogens (tertiary/aromatic N) is 1. The molecule has 6 rings (SSSR count). The van der Waals surface area contributed by atoms with E-state index in [9.17, 15) is 17.2 Å². The fraction of sp³-hybridized carbons (Fsp3) is 0.345. The van der Waals surface area contributed by atoms with E-state index in [1.807, 2.05) is 91.0 Å². The van der Waals surface area contributed by atoms with Gasteiger partial charge < -0.3 is 40.2 Å². The van der Waals surface area contributed by atoms with Gasteiger partial charge in [0.2, 0.25) is 10.0 Å². The molecule has 0 amide bonds. The highest BCUT2D eigenvalue weighted by Crippen LogP contribution is 2.37. The number of ether oxygens (including phenoxy) is 4. The summed E-state index contributed by atoms with van der Waals surface area (Å²) in [6.07, 6.45) is 4.23. The van der Waals surface area contributed by atoms with Crippen LogP contribution in [0.15, 0.2) is 133 Å². The van der Waals surface area contributed by atoms with Crippen LogP contribution < -0.4 is 40.0 Å². The molecule has 372 valence electrons. The minimum absolute atomic E-state index is 0.0908. The molecule has 11 nitrogen and oxygen atoms in total. The fourth-order valence-electron chi connectivity index (χ4n) is 6.62. The summed E-state index contributed by atoms with van der Waals surface area (Å²) in [6, 6.07) is 40.5. The van der Waals surface area contributed by atoms with Gasteiger partial charge >= 0.3 is 0 Å². The number of nitrogens with two attached hydrogens (primary N) is 1. The van der Waals surface area contributed by atoms with Crippen LogP contribution in [0.3, 0.4) is 0 Å². The molecular weight excluding hydrogens is 897 g/mol. The smallest absolute Gasteiger partial charge is 0.208 e. The lowest BCUT2D eigenvalue weighted by atomic mass is 10.1. The molecule has 0 spiro atoms. The Morgan fingerprint density at radius 1 is 0.507 bits per heavy atom. The maximum atomic E-state index is 14.7. The van der Waals surface area contributed by atoms with Crippen molar-refractivity contribution in [3.05, 3.63) is 167 Å². The van der Waals surface area contributed by atoms with Gasteiger partial charge in [-0.25, -0.2) is 21.9 Å². The Hall–Kier alpha value is -6.19. The zero-order valence-corrected chi connectivity index (χ0v) is 41.8. The molecule has 0 heterocycles. The summed E-state index contributed by atoms with van der Waals surface area (Å²) in [5.41, 5.74) is 11.1. The van der Waals surface area contributed by atoms with Crippen molar-refractivity contribution in [3.63, 3.8) is 0 Å². The van der Waals surface area contributed by atoms with Crippen LogP contribution in [0.5, 0.6) is 34.5 Å². The standard InChI is InChI=1S/C25H29FN2O4S.C24H27FN2O2.C6H15N/c1-3-19-10-12-24(25(16-19)31-18-20-8-5-4-6-9-20)32-23-13-11-21(17-22(23)26)27-14-7-15-28-33(2,29)30;1-2-18-9-11-23(24(15-18)28-17-19-7-4-3-5-8-19)29-22-12-10-20(16-21(22)25)27-14-6-13-26;1-4-7(5-2)6-3/h4-6,8-13,16-17,27-28H,3,7,14-15,18H2,1-2H3;3-5,7-12,15-16,27H,2,6,13-14,17,26H2,1H3;4-6H2,1-3H3. The second-order valence-electron chi connectivity index (χ2n) is 15.9. The molecule has 0 aliphatic rings. The Morgan fingerprint density at radius 2 is 0.928 bits per heavy atom. The van der Waals surface area contributed by atoms with Gasteiger partial charge in [-0.05, 0) is 123 Å². The largest absolute Gasteiger partial charge is 0.485 e. The average molecular weight is 968 g/mol. The van der Waals surface area contributed by atoms with Gasteiger partial charge in [-0.1, -0.05) is 107 Å². The van der Waals surface area contributed by atoms with Gasteiger partial charge in [0.05, 0.1) is 6.26 Å². The maximum absolute atomic E-state index is 14.7. The van der Waals surface area contributed by atoms with Gasteiger partial charge in [0.1, 0.15) is 13.2 Å². The molecule has 0 atom stereocenters. The Labute approximate surface area is 409 Å². The summed E-state index contributed by atoms with van der Waals surface area (Å²) < 4.78 is 77.5. The lowest BCUT2D eigenvalue weighted by Gasteiger charge is -2.15. The lowest BCUT2D eigenvalue weighted by molar-refractivity contribution is 0.289.